The largest absolute Gasteiger partial charge is 0.416 e. The van der Waals surface area contributed by atoms with Gasteiger partial charge in [-0.2, -0.15) is 13.2 Å². The van der Waals surface area contributed by atoms with Gasteiger partial charge < -0.3 is 5.73 Å². The minimum atomic E-state index is -4.43. The average molecular weight is 358 g/mol. The third-order valence-electron chi connectivity index (χ3n) is 3.37. The molecule has 0 heterocycles. The van der Waals surface area contributed by atoms with Gasteiger partial charge in [-0.3, -0.25) is 0 Å². The van der Waals surface area contributed by atoms with E-state index in [-0.39, 0.29) is 5.56 Å². The van der Waals surface area contributed by atoms with E-state index in [0.29, 0.717) is 10.0 Å². The lowest BCUT2D eigenvalue weighted by molar-refractivity contribution is -0.138. The van der Waals surface area contributed by atoms with Gasteiger partial charge in [0.1, 0.15) is 0 Å². The molecule has 112 valence electrons. The highest BCUT2D eigenvalue weighted by Gasteiger charge is 2.35. The summed E-state index contributed by atoms with van der Waals surface area (Å²) >= 11 is 3.08. The topological polar surface area (TPSA) is 26.0 Å². The van der Waals surface area contributed by atoms with Crippen LogP contribution in [0.15, 0.2) is 46.9 Å². The first-order valence-corrected chi connectivity index (χ1v) is 7.33. The Labute approximate surface area is 130 Å². The molecule has 2 aromatic rings. The fourth-order valence-corrected chi connectivity index (χ4v) is 2.59. The van der Waals surface area contributed by atoms with E-state index in [0.717, 1.165) is 18.1 Å². The van der Waals surface area contributed by atoms with Gasteiger partial charge in [-0.1, -0.05) is 53.2 Å². The van der Waals surface area contributed by atoms with Crippen LogP contribution in [0, 0.1) is 0 Å². The number of hydrogen-bond acceptors (Lipinski definition) is 1. The highest BCUT2D eigenvalue weighted by molar-refractivity contribution is 9.10. The lowest BCUT2D eigenvalue weighted by Crippen LogP contribution is -2.18. The molecule has 0 aromatic heterocycles. The van der Waals surface area contributed by atoms with Crippen molar-refractivity contribution in [2.24, 2.45) is 5.73 Å². The molecule has 0 saturated carbocycles. The van der Waals surface area contributed by atoms with Gasteiger partial charge in [-0.15, -0.1) is 0 Å². The molecule has 1 nitrogen and oxygen atoms in total. The lowest BCUT2D eigenvalue weighted by atomic mass is 9.93. The Morgan fingerprint density at radius 1 is 1.14 bits per heavy atom. The van der Waals surface area contributed by atoms with Crippen molar-refractivity contribution in [3.63, 3.8) is 0 Å². The van der Waals surface area contributed by atoms with Gasteiger partial charge in [-0.05, 0) is 35.2 Å². The second kappa shape index (κ2) is 6.20. The zero-order valence-electron chi connectivity index (χ0n) is 11.4. The molecule has 0 aliphatic heterocycles. The molecule has 0 radical (unpaired) electrons. The zero-order chi connectivity index (χ0) is 15.6. The SMILES string of the molecule is CCc1cccc(C(N)c2ccc(Br)cc2C(F)(F)F)c1. The molecule has 0 saturated heterocycles. The fraction of sp³-hybridized carbons (Fsp3) is 0.250. The minimum Gasteiger partial charge on any atom is -0.320 e. The number of alkyl halides is 3. The summed E-state index contributed by atoms with van der Waals surface area (Å²) in [6.07, 6.45) is -3.62. The number of rotatable bonds is 3. The van der Waals surface area contributed by atoms with E-state index in [4.69, 9.17) is 5.73 Å². The number of aryl methyl sites for hydroxylation is 1. The van der Waals surface area contributed by atoms with Crippen LogP contribution in [-0.4, -0.2) is 0 Å². The highest BCUT2D eigenvalue weighted by atomic mass is 79.9. The standard InChI is InChI=1S/C16H15BrF3N/c1-2-10-4-3-5-11(8-10)15(21)13-7-6-12(17)9-14(13)16(18,19)20/h3-9,15H,2,21H2,1H3. The summed E-state index contributed by atoms with van der Waals surface area (Å²) in [5, 5.41) is 0. The molecule has 2 N–H and O–H groups in total. The third kappa shape index (κ3) is 3.66. The molecule has 1 atom stereocenters. The van der Waals surface area contributed by atoms with E-state index in [9.17, 15) is 13.2 Å². The Kier molecular flexibility index (Phi) is 4.74. The van der Waals surface area contributed by atoms with Crippen LogP contribution < -0.4 is 5.73 Å². The highest BCUT2D eigenvalue weighted by Crippen LogP contribution is 2.37. The van der Waals surface area contributed by atoms with Crippen molar-refractivity contribution in [1.29, 1.82) is 0 Å². The third-order valence-corrected chi connectivity index (χ3v) is 3.87. The van der Waals surface area contributed by atoms with Crippen LogP contribution in [0.3, 0.4) is 0 Å². The van der Waals surface area contributed by atoms with Gasteiger partial charge in [0.05, 0.1) is 11.6 Å². The first-order valence-electron chi connectivity index (χ1n) is 6.54. The summed E-state index contributed by atoms with van der Waals surface area (Å²) in [6, 6.07) is 10.6. The summed E-state index contributed by atoms with van der Waals surface area (Å²) < 4.78 is 39.9. The Morgan fingerprint density at radius 2 is 1.86 bits per heavy atom. The van der Waals surface area contributed by atoms with Crippen molar-refractivity contribution >= 4 is 15.9 Å². The second-order valence-electron chi connectivity index (χ2n) is 4.81. The zero-order valence-corrected chi connectivity index (χ0v) is 13.0. The van der Waals surface area contributed by atoms with Crippen LogP contribution in [0.5, 0.6) is 0 Å². The lowest BCUT2D eigenvalue weighted by Gasteiger charge is -2.19. The second-order valence-corrected chi connectivity index (χ2v) is 5.72. The first kappa shape index (κ1) is 16.0. The maximum atomic E-state index is 13.2. The molecular weight excluding hydrogens is 343 g/mol. The van der Waals surface area contributed by atoms with E-state index >= 15 is 0 Å². The molecule has 0 fully saturated rings. The Balaban J connectivity index is 2.50. The Morgan fingerprint density at radius 3 is 2.48 bits per heavy atom. The average Bonchev–Trinajstić information content (AvgIpc) is 2.45. The molecule has 21 heavy (non-hydrogen) atoms. The number of hydrogen-bond donors (Lipinski definition) is 1. The molecule has 2 rings (SSSR count). The summed E-state index contributed by atoms with van der Waals surface area (Å²) in [7, 11) is 0. The van der Waals surface area contributed by atoms with Crippen molar-refractivity contribution in [2.45, 2.75) is 25.6 Å². The fourth-order valence-electron chi connectivity index (χ4n) is 2.23. The molecule has 0 amide bonds. The maximum Gasteiger partial charge on any atom is 0.416 e. The predicted octanol–water partition coefficient (Wildman–Crippen LogP) is 5.08. The first-order chi connectivity index (χ1) is 9.82. The number of nitrogens with two attached hydrogens (primary N) is 1. The van der Waals surface area contributed by atoms with Crippen molar-refractivity contribution in [2.75, 3.05) is 0 Å². The van der Waals surface area contributed by atoms with Crippen LogP contribution in [-0.2, 0) is 12.6 Å². The molecule has 0 aliphatic rings. The van der Waals surface area contributed by atoms with Crippen molar-refractivity contribution in [3.05, 3.63) is 69.2 Å². The van der Waals surface area contributed by atoms with Crippen molar-refractivity contribution < 1.29 is 13.2 Å². The quantitative estimate of drug-likeness (QED) is 0.814. The monoisotopic (exact) mass is 357 g/mol. The van der Waals surface area contributed by atoms with E-state index in [2.05, 4.69) is 15.9 Å². The summed E-state index contributed by atoms with van der Waals surface area (Å²) in [4.78, 5) is 0. The maximum absolute atomic E-state index is 13.2. The normalized spacial score (nSPS) is 13.2. The Hall–Kier alpha value is -1.33. The van der Waals surface area contributed by atoms with Crippen LogP contribution >= 0.6 is 15.9 Å². The summed E-state index contributed by atoms with van der Waals surface area (Å²) in [6.45, 7) is 1.99. The molecule has 2 aromatic carbocycles. The van der Waals surface area contributed by atoms with Gasteiger partial charge in [-0.25, -0.2) is 0 Å². The van der Waals surface area contributed by atoms with E-state index in [1.54, 1.807) is 12.1 Å². The van der Waals surface area contributed by atoms with Gasteiger partial charge in [0.2, 0.25) is 0 Å². The minimum absolute atomic E-state index is 0.0824. The van der Waals surface area contributed by atoms with Gasteiger partial charge >= 0.3 is 6.18 Å². The smallest absolute Gasteiger partial charge is 0.320 e. The molecule has 0 spiro atoms. The summed E-state index contributed by atoms with van der Waals surface area (Å²) in [5.41, 5.74) is 7.18. The Bertz CT molecular complexity index is 638. The van der Waals surface area contributed by atoms with Gasteiger partial charge in [0.15, 0.2) is 0 Å². The van der Waals surface area contributed by atoms with Crippen LogP contribution in [0.4, 0.5) is 13.2 Å². The predicted molar refractivity (Wildman–Crippen MR) is 81.0 cm³/mol. The van der Waals surface area contributed by atoms with E-state index in [1.165, 1.54) is 6.07 Å². The van der Waals surface area contributed by atoms with Crippen LogP contribution in [0.1, 0.15) is 35.2 Å². The number of benzene rings is 2. The number of halogens is 4. The van der Waals surface area contributed by atoms with Crippen LogP contribution in [0.2, 0.25) is 0 Å². The van der Waals surface area contributed by atoms with Gasteiger partial charge in [0, 0.05) is 4.47 Å². The molecular formula is C16H15BrF3N. The van der Waals surface area contributed by atoms with Crippen LogP contribution in [0.25, 0.3) is 0 Å². The molecule has 0 aliphatic carbocycles. The summed E-state index contributed by atoms with van der Waals surface area (Å²) in [5.74, 6) is 0. The molecule has 1 unspecified atom stereocenters. The molecule has 5 heteroatoms. The van der Waals surface area contributed by atoms with Crippen molar-refractivity contribution in [3.8, 4) is 0 Å². The van der Waals surface area contributed by atoms with E-state index < -0.39 is 17.8 Å². The molecule has 0 bridgehead atoms. The van der Waals surface area contributed by atoms with Crippen molar-refractivity contribution in [1.82, 2.24) is 0 Å². The van der Waals surface area contributed by atoms with E-state index in [1.807, 2.05) is 25.1 Å². The van der Waals surface area contributed by atoms with Gasteiger partial charge in [0.25, 0.3) is 0 Å².